The summed E-state index contributed by atoms with van der Waals surface area (Å²) in [6.45, 7) is 1.34. The number of carbonyl (C=O) groups is 1. The molecule has 1 heterocycles. The number of amides is 1. The van der Waals surface area contributed by atoms with Crippen molar-refractivity contribution in [2.75, 3.05) is 0 Å². The Bertz CT molecular complexity index is 601. The summed E-state index contributed by atoms with van der Waals surface area (Å²) >= 11 is 0. The van der Waals surface area contributed by atoms with Gasteiger partial charge >= 0.3 is 0 Å². The molecule has 4 heteroatoms. The highest BCUT2D eigenvalue weighted by molar-refractivity contribution is 5.78. The highest BCUT2D eigenvalue weighted by Crippen LogP contribution is 2.23. The van der Waals surface area contributed by atoms with E-state index in [0.29, 0.717) is 6.54 Å². The summed E-state index contributed by atoms with van der Waals surface area (Å²) in [4.78, 5) is 12.3. The second kappa shape index (κ2) is 7.25. The molecule has 0 saturated heterocycles. The summed E-state index contributed by atoms with van der Waals surface area (Å²) < 4.78 is 1.90. The van der Waals surface area contributed by atoms with Gasteiger partial charge in [-0.3, -0.25) is 9.48 Å². The van der Waals surface area contributed by atoms with Gasteiger partial charge < -0.3 is 5.32 Å². The molecule has 0 spiro atoms. The molecule has 1 aromatic heterocycles. The van der Waals surface area contributed by atoms with Gasteiger partial charge in [0.15, 0.2) is 0 Å². The van der Waals surface area contributed by atoms with Crippen molar-refractivity contribution in [3.63, 3.8) is 0 Å². The Morgan fingerprint density at radius 3 is 2.64 bits per heavy atom. The van der Waals surface area contributed by atoms with Gasteiger partial charge in [-0.1, -0.05) is 43.5 Å². The van der Waals surface area contributed by atoms with Gasteiger partial charge in [0.25, 0.3) is 0 Å². The number of hydrogen-bond donors (Lipinski definition) is 1. The summed E-state index contributed by atoms with van der Waals surface area (Å²) in [6, 6.07) is 10.2. The van der Waals surface area contributed by atoms with E-state index in [9.17, 15) is 4.79 Å². The summed E-state index contributed by atoms with van der Waals surface area (Å²) in [5.74, 6) is 0.431. The standard InChI is InChI=1S/C18H23N3O/c22-18(15-7-2-1-3-8-15)19-13-16-9-4-5-10-17(16)14-21-12-6-11-20-21/h4-6,9-12,15H,1-3,7-8,13-14H2,(H,19,22). The lowest BCUT2D eigenvalue weighted by molar-refractivity contribution is -0.126. The van der Waals surface area contributed by atoms with Crippen molar-refractivity contribution in [2.24, 2.45) is 5.92 Å². The number of hydrogen-bond acceptors (Lipinski definition) is 2. The number of nitrogens with zero attached hydrogens (tertiary/aromatic N) is 2. The first-order chi connectivity index (χ1) is 10.8. The average molecular weight is 297 g/mol. The molecule has 1 fully saturated rings. The first kappa shape index (κ1) is 14.8. The van der Waals surface area contributed by atoms with E-state index in [0.717, 1.165) is 19.4 Å². The van der Waals surface area contributed by atoms with Crippen molar-refractivity contribution < 1.29 is 4.79 Å². The minimum atomic E-state index is 0.215. The number of aromatic nitrogens is 2. The van der Waals surface area contributed by atoms with Crippen molar-refractivity contribution in [3.05, 3.63) is 53.9 Å². The van der Waals surface area contributed by atoms with Gasteiger partial charge in [-0.2, -0.15) is 5.10 Å². The number of benzene rings is 1. The Morgan fingerprint density at radius 2 is 1.91 bits per heavy atom. The van der Waals surface area contributed by atoms with E-state index in [2.05, 4.69) is 22.5 Å². The molecule has 1 aliphatic rings. The fourth-order valence-electron chi connectivity index (χ4n) is 3.14. The predicted molar refractivity (Wildman–Crippen MR) is 86.2 cm³/mol. The quantitative estimate of drug-likeness (QED) is 0.921. The van der Waals surface area contributed by atoms with Gasteiger partial charge in [0.1, 0.15) is 0 Å². The third-order valence-corrected chi connectivity index (χ3v) is 4.44. The van der Waals surface area contributed by atoms with Gasteiger partial charge in [-0.15, -0.1) is 0 Å². The van der Waals surface area contributed by atoms with Gasteiger partial charge in [-0.05, 0) is 30.0 Å². The fourth-order valence-corrected chi connectivity index (χ4v) is 3.14. The van der Waals surface area contributed by atoms with Crippen LogP contribution in [0.15, 0.2) is 42.7 Å². The topological polar surface area (TPSA) is 46.9 Å². The molecule has 1 saturated carbocycles. The monoisotopic (exact) mass is 297 g/mol. The third-order valence-electron chi connectivity index (χ3n) is 4.44. The molecule has 1 aromatic carbocycles. The lowest BCUT2D eigenvalue weighted by Crippen LogP contribution is -2.31. The van der Waals surface area contributed by atoms with E-state index in [1.165, 1.54) is 30.4 Å². The van der Waals surface area contributed by atoms with Gasteiger partial charge in [0.2, 0.25) is 5.91 Å². The second-order valence-corrected chi connectivity index (χ2v) is 6.03. The van der Waals surface area contributed by atoms with E-state index >= 15 is 0 Å². The Morgan fingerprint density at radius 1 is 1.14 bits per heavy atom. The summed E-state index contributed by atoms with van der Waals surface area (Å²) in [5.41, 5.74) is 2.37. The van der Waals surface area contributed by atoms with Crippen LogP contribution >= 0.6 is 0 Å². The largest absolute Gasteiger partial charge is 0.352 e. The molecular formula is C18H23N3O. The highest BCUT2D eigenvalue weighted by Gasteiger charge is 2.20. The maximum atomic E-state index is 12.3. The third kappa shape index (κ3) is 3.75. The highest BCUT2D eigenvalue weighted by atomic mass is 16.1. The van der Waals surface area contributed by atoms with E-state index in [1.54, 1.807) is 6.20 Å². The number of carbonyl (C=O) groups excluding carboxylic acids is 1. The van der Waals surface area contributed by atoms with Crippen molar-refractivity contribution in [1.82, 2.24) is 15.1 Å². The molecule has 22 heavy (non-hydrogen) atoms. The van der Waals surface area contributed by atoms with Crippen LogP contribution in [-0.2, 0) is 17.9 Å². The van der Waals surface area contributed by atoms with Crippen LogP contribution in [0.5, 0.6) is 0 Å². The fraction of sp³-hybridized carbons (Fsp3) is 0.444. The zero-order valence-corrected chi connectivity index (χ0v) is 12.9. The van der Waals surface area contributed by atoms with Crippen LogP contribution in [0.2, 0.25) is 0 Å². The summed E-state index contributed by atoms with van der Waals surface area (Å²) in [7, 11) is 0. The van der Waals surface area contributed by atoms with Crippen LogP contribution in [0.4, 0.5) is 0 Å². The molecule has 0 atom stereocenters. The van der Waals surface area contributed by atoms with Gasteiger partial charge in [-0.25, -0.2) is 0 Å². The molecule has 1 aliphatic carbocycles. The zero-order chi connectivity index (χ0) is 15.2. The Hall–Kier alpha value is -2.10. The van der Waals surface area contributed by atoms with E-state index in [-0.39, 0.29) is 11.8 Å². The predicted octanol–water partition coefficient (Wildman–Crippen LogP) is 3.13. The van der Waals surface area contributed by atoms with Gasteiger partial charge in [0.05, 0.1) is 6.54 Å². The first-order valence-corrected chi connectivity index (χ1v) is 8.15. The van der Waals surface area contributed by atoms with Crippen LogP contribution in [0.3, 0.4) is 0 Å². The zero-order valence-electron chi connectivity index (χ0n) is 12.9. The molecule has 1 N–H and O–H groups in total. The maximum Gasteiger partial charge on any atom is 0.223 e. The normalized spacial score (nSPS) is 15.6. The molecule has 4 nitrogen and oxygen atoms in total. The lowest BCUT2D eigenvalue weighted by atomic mass is 9.88. The molecular weight excluding hydrogens is 274 g/mol. The Kier molecular flexibility index (Phi) is 4.88. The molecule has 2 aromatic rings. The van der Waals surface area contributed by atoms with Crippen LogP contribution in [0.1, 0.15) is 43.2 Å². The van der Waals surface area contributed by atoms with Crippen molar-refractivity contribution in [2.45, 2.75) is 45.2 Å². The van der Waals surface area contributed by atoms with Crippen molar-refractivity contribution in [1.29, 1.82) is 0 Å². The molecule has 1 amide bonds. The van der Waals surface area contributed by atoms with Crippen LogP contribution in [-0.4, -0.2) is 15.7 Å². The van der Waals surface area contributed by atoms with Gasteiger partial charge in [0, 0.05) is 24.9 Å². The van der Waals surface area contributed by atoms with E-state index < -0.39 is 0 Å². The smallest absolute Gasteiger partial charge is 0.223 e. The second-order valence-electron chi connectivity index (χ2n) is 6.03. The Labute approximate surface area is 131 Å². The van der Waals surface area contributed by atoms with Crippen LogP contribution < -0.4 is 5.32 Å². The average Bonchev–Trinajstić information content (AvgIpc) is 3.07. The first-order valence-electron chi connectivity index (χ1n) is 8.15. The molecule has 0 bridgehead atoms. The molecule has 0 unspecified atom stereocenters. The molecule has 0 radical (unpaired) electrons. The Balaban J connectivity index is 1.61. The van der Waals surface area contributed by atoms with Crippen molar-refractivity contribution in [3.8, 4) is 0 Å². The number of nitrogens with one attached hydrogen (secondary N) is 1. The maximum absolute atomic E-state index is 12.3. The minimum absolute atomic E-state index is 0.215. The summed E-state index contributed by atoms with van der Waals surface area (Å²) in [6.07, 6.45) is 9.48. The minimum Gasteiger partial charge on any atom is -0.352 e. The van der Waals surface area contributed by atoms with Crippen LogP contribution in [0, 0.1) is 5.92 Å². The van der Waals surface area contributed by atoms with Crippen LogP contribution in [0.25, 0.3) is 0 Å². The molecule has 0 aliphatic heterocycles. The van der Waals surface area contributed by atoms with E-state index in [1.807, 2.05) is 29.1 Å². The molecule has 116 valence electrons. The van der Waals surface area contributed by atoms with E-state index in [4.69, 9.17) is 0 Å². The number of rotatable bonds is 5. The lowest BCUT2D eigenvalue weighted by Gasteiger charge is -2.21. The molecule has 3 rings (SSSR count). The van der Waals surface area contributed by atoms with Crippen molar-refractivity contribution >= 4 is 5.91 Å². The SMILES string of the molecule is O=C(NCc1ccccc1Cn1cccn1)C1CCCCC1. The summed E-state index contributed by atoms with van der Waals surface area (Å²) in [5, 5.41) is 7.37.